The van der Waals surface area contributed by atoms with Crippen LogP contribution >= 0.6 is 6.34 Å². The molecule has 0 aliphatic carbocycles. The molecule has 5 nitrogen and oxygen atoms in total. The quantitative estimate of drug-likeness (QED) is 0.703. The van der Waals surface area contributed by atoms with Crippen LogP contribution in [0, 0.1) is 0 Å². The molecule has 0 unspecified atom stereocenters. The second-order valence-corrected chi connectivity index (χ2v) is 11.5. The molecular weight excluding hydrogens is 351 g/mol. The van der Waals surface area contributed by atoms with E-state index in [2.05, 4.69) is 59.8 Å². The molecule has 3 heterocycles. The number of nitrogens with zero attached hydrogens (tertiary/aromatic N) is 4. The van der Waals surface area contributed by atoms with Crippen molar-refractivity contribution in [1.29, 1.82) is 0 Å². The molecular formula is C18H25N4OPS. The van der Waals surface area contributed by atoms with Crippen LogP contribution in [0.25, 0.3) is 0 Å². The Hall–Kier alpha value is -1.20. The number of fused-ring (bicyclic) bond motifs is 1. The van der Waals surface area contributed by atoms with Gasteiger partial charge >= 0.3 is 0 Å². The highest BCUT2D eigenvalue weighted by atomic mass is 32.4. The average molecular weight is 376 g/mol. The largest absolute Gasteiger partial charge is 0.379 e. The van der Waals surface area contributed by atoms with E-state index >= 15 is 0 Å². The molecule has 1 fully saturated rings. The molecule has 3 aliphatic rings. The summed E-state index contributed by atoms with van der Waals surface area (Å²) in [5.41, 5.74) is 3.82. The summed E-state index contributed by atoms with van der Waals surface area (Å²) in [5.74, 6) is 0. The first-order valence-electron chi connectivity index (χ1n) is 8.68. The third kappa shape index (κ3) is 2.35. The van der Waals surface area contributed by atoms with Crippen molar-refractivity contribution in [2.45, 2.75) is 19.3 Å². The van der Waals surface area contributed by atoms with Crippen molar-refractivity contribution >= 4 is 30.0 Å². The molecule has 0 amide bonds. The predicted molar refractivity (Wildman–Crippen MR) is 108 cm³/mol. The number of rotatable bonds is 1. The normalized spacial score (nSPS) is 31.7. The van der Waals surface area contributed by atoms with Gasteiger partial charge in [-0.15, -0.1) is 0 Å². The van der Waals surface area contributed by atoms with Crippen LogP contribution < -0.4 is 4.90 Å². The Morgan fingerprint density at radius 2 is 1.84 bits per heavy atom. The third-order valence-electron chi connectivity index (χ3n) is 5.53. The molecule has 7 heteroatoms. The fourth-order valence-corrected chi connectivity index (χ4v) is 8.06. The van der Waals surface area contributed by atoms with Crippen LogP contribution in [-0.4, -0.2) is 56.1 Å². The van der Waals surface area contributed by atoms with Gasteiger partial charge < -0.3 is 9.64 Å². The maximum Gasteiger partial charge on any atom is 0.148 e. The van der Waals surface area contributed by atoms with Crippen LogP contribution in [-0.2, 0) is 22.0 Å². The van der Waals surface area contributed by atoms with Crippen molar-refractivity contribution < 1.29 is 4.74 Å². The lowest BCUT2D eigenvalue weighted by Gasteiger charge is -2.40. The first-order chi connectivity index (χ1) is 11.9. The number of para-hydroxylation sites is 1. The molecule has 134 valence electrons. The van der Waals surface area contributed by atoms with E-state index in [1.165, 1.54) is 22.3 Å². The molecule has 1 aromatic rings. The van der Waals surface area contributed by atoms with E-state index in [1.807, 2.05) is 18.0 Å². The number of ether oxygens (including phenoxy) is 1. The van der Waals surface area contributed by atoms with Gasteiger partial charge in [-0.25, -0.2) is 0 Å². The van der Waals surface area contributed by atoms with E-state index in [9.17, 15) is 0 Å². The summed E-state index contributed by atoms with van der Waals surface area (Å²) in [6.45, 7) is 7.83. The molecule has 3 aliphatic heterocycles. The molecule has 0 aromatic heterocycles. The van der Waals surface area contributed by atoms with E-state index < -0.39 is 6.34 Å². The number of hydrogen-bond acceptors (Lipinski definition) is 4. The maximum atomic E-state index is 6.33. The van der Waals surface area contributed by atoms with Gasteiger partial charge in [0.05, 0.1) is 24.7 Å². The van der Waals surface area contributed by atoms with Crippen molar-refractivity contribution in [3.05, 3.63) is 40.8 Å². The van der Waals surface area contributed by atoms with Gasteiger partial charge in [-0.2, -0.15) is 5.10 Å². The van der Waals surface area contributed by atoms with Crippen molar-refractivity contribution in [2.24, 2.45) is 5.10 Å². The lowest BCUT2D eigenvalue weighted by Crippen LogP contribution is -2.37. The molecule has 1 atom stereocenters. The summed E-state index contributed by atoms with van der Waals surface area (Å²) in [6, 6.07) is 8.65. The molecule has 0 bridgehead atoms. The zero-order valence-electron chi connectivity index (χ0n) is 15.3. The average Bonchev–Trinajstić information content (AvgIpc) is 3.02. The highest BCUT2D eigenvalue weighted by Crippen LogP contribution is 2.65. The summed E-state index contributed by atoms with van der Waals surface area (Å²) in [5, 5.41) is 5.86. The van der Waals surface area contributed by atoms with E-state index in [4.69, 9.17) is 16.5 Å². The van der Waals surface area contributed by atoms with Gasteiger partial charge in [0.2, 0.25) is 0 Å². The molecule has 25 heavy (non-hydrogen) atoms. The molecule has 0 spiro atoms. The first-order valence-corrected chi connectivity index (χ1v) is 11.4. The number of morpholine rings is 1. The first kappa shape index (κ1) is 17.2. The van der Waals surface area contributed by atoms with Gasteiger partial charge in [-0.05, 0) is 11.6 Å². The van der Waals surface area contributed by atoms with Crippen LogP contribution in [0.5, 0.6) is 0 Å². The highest BCUT2D eigenvalue weighted by molar-refractivity contribution is 8.14. The van der Waals surface area contributed by atoms with Crippen LogP contribution in [0.4, 0.5) is 5.69 Å². The fourth-order valence-electron chi connectivity index (χ4n) is 4.25. The molecule has 1 saturated heterocycles. The standard InChI is InChI=1S/C18H25N4OPS/c1-18(2)14-7-5-6-8-15(14)20(3)17(18)16-13-19-21(4)24(16,25)22-9-11-23-12-10-22/h5-8,13H,9-12H2,1-4H3/b17-16+/t24-/m1/s1. The van der Waals surface area contributed by atoms with Crippen molar-refractivity contribution in [3.8, 4) is 0 Å². The van der Waals surface area contributed by atoms with Gasteiger partial charge in [-0.3, -0.25) is 9.45 Å². The molecule has 0 N–H and O–H groups in total. The lowest BCUT2D eigenvalue weighted by atomic mass is 9.84. The Labute approximate surface area is 155 Å². The van der Waals surface area contributed by atoms with Gasteiger partial charge in [0.1, 0.15) is 6.34 Å². The summed E-state index contributed by atoms with van der Waals surface area (Å²) in [6.07, 6.45) is -0.0962. The predicted octanol–water partition coefficient (Wildman–Crippen LogP) is 3.20. The minimum Gasteiger partial charge on any atom is -0.379 e. The number of hydrazone groups is 1. The number of hydrogen-bond donors (Lipinski definition) is 0. The topological polar surface area (TPSA) is 31.3 Å². The summed E-state index contributed by atoms with van der Waals surface area (Å²) in [7, 11) is 4.18. The number of benzene rings is 1. The van der Waals surface area contributed by atoms with Crippen molar-refractivity contribution in [1.82, 2.24) is 9.45 Å². The van der Waals surface area contributed by atoms with E-state index in [0.717, 1.165) is 26.3 Å². The minimum atomic E-state index is -2.11. The minimum absolute atomic E-state index is 0.0891. The van der Waals surface area contributed by atoms with Gasteiger partial charge in [0.25, 0.3) is 0 Å². The lowest BCUT2D eigenvalue weighted by molar-refractivity contribution is 0.0731. The summed E-state index contributed by atoms with van der Waals surface area (Å²) in [4.78, 5) is 2.32. The fraction of sp³-hybridized carbons (Fsp3) is 0.500. The van der Waals surface area contributed by atoms with E-state index in [1.54, 1.807) is 0 Å². The smallest absolute Gasteiger partial charge is 0.148 e. The number of likely N-dealkylation sites (N-methyl/N-ethyl adjacent to an activating group) is 1. The SMILES string of the molecule is CN1/C(=C2\C=NN(C)[P@@]2(=S)N2CCOCC2)C(C)(C)c2ccccc21. The summed E-state index contributed by atoms with van der Waals surface area (Å²) >= 11 is 6.33. The van der Waals surface area contributed by atoms with Gasteiger partial charge in [0.15, 0.2) is 0 Å². The second-order valence-electron chi connectivity index (χ2n) is 7.28. The van der Waals surface area contributed by atoms with Crippen LogP contribution in [0.2, 0.25) is 0 Å². The molecule has 4 rings (SSSR count). The van der Waals surface area contributed by atoms with E-state index in [-0.39, 0.29) is 5.41 Å². The Morgan fingerprint density at radius 1 is 1.16 bits per heavy atom. The van der Waals surface area contributed by atoms with Crippen molar-refractivity contribution in [2.75, 3.05) is 45.3 Å². The molecule has 1 aromatic carbocycles. The Kier molecular flexibility index (Phi) is 4.08. The Bertz CT molecular complexity index is 813. The van der Waals surface area contributed by atoms with Crippen molar-refractivity contribution in [3.63, 3.8) is 0 Å². The maximum absolute atomic E-state index is 6.33. The number of anilines is 1. The van der Waals surface area contributed by atoms with Crippen LogP contribution in [0.15, 0.2) is 40.4 Å². The van der Waals surface area contributed by atoms with Gasteiger partial charge in [0, 0.05) is 44.0 Å². The van der Waals surface area contributed by atoms with Crippen LogP contribution in [0.1, 0.15) is 19.4 Å². The summed E-state index contributed by atoms with van der Waals surface area (Å²) < 4.78 is 10.0. The zero-order valence-corrected chi connectivity index (χ0v) is 17.0. The highest BCUT2D eigenvalue weighted by Gasteiger charge is 2.47. The molecule has 0 saturated carbocycles. The Morgan fingerprint density at radius 3 is 2.52 bits per heavy atom. The molecule has 0 radical (unpaired) electrons. The zero-order chi connectivity index (χ0) is 17.8. The van der Waals surface area contributed by atoms with E-state index in [0.29, 0.717) is 0 Å². The monoisotopic (exact) mass is 376 g/mol. The number of allylic oxidation sites excluding steroid dienone is 2. The Balaban J connectivity index is 1.89. The third-order valence-corrected chi connectivity index (χ3v) is 10.5. The second kappa shape index (κ2) is 5.92. The van der Waals surface area contributed by atoms with Crippen LogP contribution in [0.3, 0.4) is 0 Å². The van der Waals surface area contributed by atoms with Gasteiger partial charge in [-0.1, -0.05) is 43.9 Å².